The van der Waals surface area contributed by atoms with Crippen molar-refractivity contribution in [3.8, 4) is 5.75 Å². The number of carbonyl (C=O) groups is 1. The fourth-order valence-electron chi connectivity index (χ4n) is 3.02. The van der Waals surface area contributed by atoms with E-state index in [1.54, 1.807) is 0 Å². The topological polar surface area (TPSA) is 50.4 Å². The zero-order chi connectivity index (χ0) is 13.8. The molecule has 3 rings (SSSR count). The lowest BCUT2D eigenvalue weighted by molar-refractivity contribution is -0.122. The van der Waals surface area contributed by atoms with Crippen LogP contribution in [0.5, 0.6) is 5.75 Å². The Kier molecular flexibility index (Phi) is 5.88. The van der Waals surface area contributed by atoms with E-state index in [4.69, 9.17) is 4.74 Å². The lowest BCUT2D eigenvalue weighted by Gasteiger charge is -2.26. The van der Waals surface area contributed by atoms with E-state index in [1.165, 1.54) is 12.0 Å². The molecule has 0 bridgehead atoms. The minimum Gasteiger partial charge on any atom is -0.491 e. The van der Waals surface area contributed by atoms with Crippen LogP contribution in [0, 0.1) is 5.92 Å². The van der Waals surface area contributed by atoms with Crippen LogP contribution in [0.3, 0.4) is 0 Å². The van der Waals surface area contributed by atoms with Gasteiger partial charge in [-0.15, -0.1) is 12.4 Å². The Morgan fingerprint density at radius 1 is 1.38 bits per heavy atom. The van der Waals surface area contributed by atoms with Crippen LogP contribution >= 0.6 is 12.4 Å². The number of hydrogen-bond acceptors (Lipinski definition) is 3. The van der Waals surface area contributed by atoms with Crippen molar-refractivity contribution in [3.05, 3.63) is 29.8 Å². The summed E-state index contributed by atoms with van der Waals surface area (Å²) >= 11 is 0. The molecule has 2 unspecified atom stereocenters. The number of halogens is 1. The Morgan fingerprint density at radius 3 is 3.05 bits per heavy atom. The number of benzene rings is 1. The highest BCUT2D eigenvalue weighted by Gasteiger charge is 2.22. The lowest BCUT2D eigenvalue weighted by atomic mass is 10.0. The van der Waals surface area contributed by atoms with Gasteiger partial charge in [-0.3, -0.25) is 4.79 Å². The molecule has 2 heterocycles. The van der Waals surface area contributed by atoms with E-state index >= 15 is 0 Å². The number of rotatable bonds is 4. The zero-order valence-electron chi connectivity index (χ0n) is 12.1. The number of nitrogens with one attached hydrogen (secondary N) is 2. The first-order valence-corrected chi connectivity index (χ1v) is 7.52. The molecule has 21 heavy (non-hydrogen) atoms. The van der Waals surface area contributed by atoms with Crippen LogP contribution in [0.15, 0.2) is 24.3 Å². The number of carbonyl (C=O) groups excluding carboxylic acids is 1. The van der Waals surface area contributed by atoms with Crippen LogP contribution in [0.2, 0.25) is 0 Å². The molecule has 2 N–H and O–H groups in total. The maximum atomic E-state index is 12.0. The van der Waals surface area contributed by atoms with Crippen molar-refractivity contribution in [3.63, 3.8) is 0 Å². The molecular weight excluding hydrogens is 288 g/mol. The minimum absolute atomic E-state index is 0. The second kappa shape index (κ2) is 7.66. The van der Waals surface area contributed by atoms with Gasteiger partial charge in [-0.05, 0) is 49.9 Å². The maximum absolute atomic E-state index is 12.0. The molecule has 1 amide bonds. The summed E-state index contributed by atoms with van der Waals surface area (Å²) < 4.78 is 5.69. The van der Waals surface area contributed by atoms with E-state index in [0.717, 1.165) is 31.7 Å². The third-order valence-corrected chi connectivity index (χ3v) is 4.19. The minimum atomic E-state index is 0. The molecule has 2 atom stereocenters. The summed E-state index contributed by atoms with van der Waals surface area (Å²) in [6.07, 6.45) is 3.69. The number of para-hydroxylation sites is 1. The SMILES string of the molecule is Cl.O=C(CCC1CCNC1)NC1COc2ccccc2C1. The normalized spacial score (nSPS) is 23.6. The molecule has 0 aliphatic carbocycles. The van der Waals surface area contributed by atoms with E-state index < -0.39 is 0 Å². The predicted octanol–water partition coefficient (Wildman–Crippen LogP) is 1.92. The quantitative estimate of drug-likeness (QED) is 0.893. The summed E-state index contributed by atoms with van der Waals surface area (Å²) in [4.78, 5) is 12.0. The van der Waals surface area contributed by atoms with Crippen LogP contribution < -0.4 is 15.4 Å². The van der Waals surface area contributed by atoms with E-state index in [-0.39, 0.29) is 24.4 Å². The average molecular weight is 311 g/mol. The molecule has 2 aliphatic heterocycles. The molecular formula is C16H23ClN2O2. The number of fused-ring (bicyclic) bond motifs is 1. The highest BCUT2D eigenvalue weighted by molar-refractivity contribution is 5.85. The molecule has 0 radical (unpaired) electrons. The zero-order valence-corrected chi connectivity index (χ0v) is 13.0. The van der Waals surface area contributed by atoms with E-state index in [2.05, 4.69) is 16.7 Å². The van der Waals surface area contributed by atoms with Gasteiger partial charge in [0.05, 0.1) is 6.04 Å². The molecule has 2 aliphatic rings. The van der Waals surface area contributed by atoms with E-state index in [1.807, 2.05) is 18.2 Å². The fraction of sp³-hybridized carbons (Fsp3) is 0.562. The van der Waals surface area contributed by atoms with E-state index in [0.29, 0.717) is 18.9 Å². The smallest absolute Gasteiger partial charge is 0.220 e. The largest absolute Gasteiger partial charge is 0.491 e. The molecule has 4 nitrogen and oxygen atoms in total. The van der Waals surface area contributed by atoms with Gasteiger partial charge < -0.3 is 15.4 Å². The van der Waals surface area contributed by atoms with Gasteiger partial charge in [0.25, 0.3) is 0 Å². The Labute approximate surface area is 132 Å². The van der Waals surface area contributed by atoms with Crippen molar-refractivity contribution in [1.29, 1.82) is 0 Å². The highest BCUT2D eigenvalue weighted by Crippen LogP contribution is 2.24. The van der Waals surface area contributed by atoms with Gasteiger partial charge >= 0.3 is 0 Å². The summed E-state index contributed by atoms with van der Waals surface area (Å²) in [5.74, 6) is 1.78. The van der Waals surface area contributed by atoms with Gasteiger partial charge in [0.2, 0.25) is 5.91 Å². The van der Waals surface area contributed by atoms with Crippen molar-refractivity contribution in [2.45, 2.75) is 31.7 Å². The monoisotopic (exact) mass is 310 g/mol. The Morgan fingerprint density at radius 2 is 2.24 bits per heavy atom. The third kappa shape index (κ3) is 4.35. The molecule has 0 spiro atoms. The first-order chi connectivity index (χ1) is 9.81. The van der Waals surface area contributed by atoms with Gasteiger partial charge in [0.1, 0.15) is 12.4 Å². The summed E-state index contributed by atoms with van der Waals surface area (Å²) in [7, 11) is 0. The van der Waals surface area contributed by atoms with Gasteiger partial charge in [0, 0.05) is 6.42 Å². The molecule has 0 aromatic heterocycles. The molecule has 116 valence electrons. The average Bonchev–Trinajstić information content (AvgIpc) is 2.98. The van der Waals surface area contributed by atoms with Crippen molar-refractivity contribution in [2.75, 3.05) is 19.7 Å². The summed E-state index contributed by atoms with van der Waals surface area (Å²) in [6, 6.07) is 8.16. The Bertz CT molecular complexity index is 475. The lowest BCUT2D eigenvalue weighted by Crippen LogP contribution is -2.42. The van der Waals surface area contributed by atoms with Gasteiger partial charge in [-0.2, -0.15) is 0 Å². The fourth-order valence-corrected chi connectivity index (χ4v) is 3.02. The van der Waals surface area contributed by atoms with Crippen molar-refractivity contribution in [1.82, 2.24) is 10.6 Å². The van der Waals surface area contributed by atoms with Crippen LogP contribution in [0.25, 0.3) is 0 Å². The van der Waals surface area contributed by atoms with Crippen LogP contribution in [-0.2, 0) is 11.2 Å². The number of hydrogen-bond donors (Lipinski definition) is 2. The van der Waals surface area contributed by atoms with Crippen molar-refractivity contribution in [2.24, 2.45) is 5.92 Å². The van der Waals surface area contributed by atoms with Gasteiger partial charge in [0.15, 0.2) is 0 Å². The molecule has 5 heteroatoms. The number of ether oxygens (including phenoxy) is 1. The van der Waals surface area contributed by atoms with Crippen LogP contribution in [-0.4, -0.2) is 31.6 Å². The molecule has 1 fully saturated rings. The molecule has 0 saturated carbocycles. The first-order valence-electron chi connectivity index (χ1n) is 7.52. The Balaban J connectivity index is 0.00000161. The second-order valence-corrected chi connectivity index (χ2v) is 5.78. The van der Waals surface area contributed by atoms with Crippen molar-refractivity contribution < 1.29 is 9.53 Å². The third-order valence-electron chi connectivity index (χ3n) is 4.19. The first kappa shape index (κ1) is 16.1. The molecule has 1 aromatic carbocycles. The van der Waals surface area contributed by atoms with E-state index in [9.17, 15) is 4.79 Å². The summed E-state index contributed by atoms with van der Waals surface area (Å²) in [5, 5.41) is 6.44. The van der Waals surface area contributed by atoms with Gasteiger partial charge in [-0.1, -0.05) is 18.2 Å². The van der Waals surface area contributed by atoms with Crippen LogP contribution in [0.1, 0.15) is 24.8 Å². The predicted molar refractivity (Wildman–Crippen MR) is 85.0 cm³/mol. The number of amides is 1. The van der Waals surface area contributed by atoms with Crippen LogP contribution in [0.4, 0.5) is 0 Å². The summed E-state index contributed by atoms with van der Waals surface area (Å²) in [5.41, 5.74) is 1.18. The van der Waals surface area contributed by atoms with Gasteiger partial charge in [-0.25, -0.2) is 0 Å². The summed E-state index contributed by atoms with van der Waals surface area (Å²) in [6.45, 7) is 2.74. The highest BCUT2D eigenvalue weighted by atomic mass is 35.5. The Hall–Kier alpha value is -1.26. The standard InChI is InChI=1S/C16H22N2O2.ClH/c19-16(6-5-12-7-8-17-10-12)18-14-9-13-3-1-2-4-15(13)20-11-14;/h1-4,12,14,17H,5-11H2,(H,18,19);1H. The maximum Gasteiger partial charge on any atom is 0.220 e. The molecule has 1 saturated heterocycles. The second-order valence-electron chi connectivity index (χ2n) is 5.78. The van der Waals surface area contributed by atoms with Crippen molar-refractivity contribution >= 4 is 18.3 Å². The molecule has 1 aromatic rings.